The Balaban J connectivity index is 1.94. The molecule has 106 valence electrons. The maximum atomic E-state index is 12.1. The minimum Gasteiger partial charge on any atom is -0.316 e. The molecule has 1 aliphatic carbocycles. The molecule has 1 heterocycles. The molecular formula is C16H26N2O. The molecule has 0 amide bonds. The summed E-state index contributed by atoms with van der Waals surface area (Å²) in [5.41, 5.74) is 2.51. The zero-order chi connectivity index (χ0) is 14.0. The van der Waals surface area contributed by atoms with Crippen LogP contribution >= 0.6 is 0 Å². The Kier molecular flexibility index (Phi) is 4.14. The van der Waals surface area contributed by atoms with E-state index in [2.05, 4.69) is 19.2 Å². The van der Waals surface area contributed by atoms with Crippen molar-refractivity contribution in [1.82, 2.24) is 9.88 Å². The van der Waals surface area contributed by atoms with Crippen LogP contribution in [0.1, 0.15) is 50.8 Å². The first kappa shape index (κ1) is 14.3. The normalized spacial score (nSPS) is 19.6. The van der Waals surface area contributed by atoms with Crippen molar-refractivity contribution in [3.8, 4) is 0 Å². The van der Waals surface area contributed by atoms with Crippen molar-refractivity contribution < 1.29 is 0 Å². The van der Waals surface area contributed by atoms with E-state index in [9.17, 15) is 4.79 Å². The Labute approximate surface area is 116 Å². The van der Waals surface area contributed by atoms with Gasteiger partial charge in [-0.3, -0.25) is 4.79 Å². The van der Waals surface area contributed by atoms with Crippen LogP contribution in [0.5, 0.6) is 0 Å². The lowest BCUT2D eigenvalue weighted by Gasteiger charge is -2.34. The lowest BCUT2D eigenvalue weighted by atomic mass is 9.75. The van der Waals surface area contributed by atoms with Crippen LogP contribution in [0.4, 0.5) is 0 Å². The molecule has 0 aromatic carbocycles. The number of nitrogens with zero attached hydrogens (tertiary/aromatic N) is 1. The van der Waals surface area contributed by atoms with Crippen molar-refractivity contribution in [2.75, 3.05) is 0 Å². The van der Waals surface area contributed by atoms with Gasteiger partial charge in [0.1, 0.15) is 0 Å². The van der Waals surface area contributed by atoms with Crippen molar-refractivity contribution in [3.63, 3.8) is 0 Å². The predicted octanol–water partition coefficient (Wildman–Crippen LogP) is 2.75. The second-order valence-electron chi connectivity index (χ2n) is 6.68. The summed E-state index contributed by atoms with van der Waals surface area (Å²) >= 11 is 0. The average Bonchev–Trinajstić information content (AvgIpc) is 2.37. The summed E-state index contributed by atoms with van der Waals surface area (Å²) in [6.07, 6.45) is 4.99. The second-order valence-corrected chi connectivity index (χ2v) is 6.68. The lowest BCUT2D eigenvalue weighted by molar-refractivity contribution is 0.206. The summed E-state index contributed by atoms with van der Waals surface area (Å²) in [5.74, 6) is 0. The van der Waals surface area contributed by atoms with Crippen molar-refractivity contribution in [1.29, 1.82) is 0 Å². The minimum absolute atomic E-state index is 0.128. The zero-order valence-corrected chi connectivity index (χ0v) is 12.6. The minimum atomic E-state index is 0.128. The number of rotatable bonds is 3. The molecule has 1 aromatic heterocycles. The third-order valence-electron chi connectivity index (χ3n) is 4.55. The van der Waals surface area contributed by atoms with Crippen LogP contribution in [0.2, 0.25) is 0 Å². The summed E-state index contributed by atoms with van der Waals surface area (Å²) in [6.45, 7) is 7.34. The fourth-order valence-electron chi connectivity index (χ4n) is 2.77. The van der Waals surface area contributed by atoms with Gasteiger partial charge in [0.15, 0.2) is 0 Å². The maximum Gasteiger partial charge on any atom is 0.254 e. The first-order valence-electron chi connectivity index (χ1n) is 7.28. The van der Waals surface area contributed by atoms with Gasteiger partial charge in [0.25, 0.3) is 5.56 Å². The third-order valence-corrected chi connectivity index (χ3v) is 4.55. The lowest BCUT2D eigenvalue weighted by Crippen LogP contribution is -2.37. The summed E-state index contributed by atoms with van der Waals surface area (Å²) in [7, 11) is 1.84. The molecule has 0 atom stereocenters. The molecule has 0 radical (unpaired) electrons. The van der Waals surface area contributed by atoms with Crippen molar-refractivity contribution >= 4 is 0 Å². The van der Waals surface area contributed by atoms with Gasteiger partial charge in [0.05, 0.1) is 0 Å². The molecule has 2 rings (SSSR count). The highest BCUT2D eigenvalue weighted by Gasteiger charge is 2.26. The van der Waals surface area contributed by atoms with E-state index in [0.717, 1.165) is 11.3 Å². The highest BCUT2D eigenvalue weighted by atomic mass is 16.1. The number of hydrogen-bond acceptors (Lipinski definition) is 2. The summed E-state index contributed by atoms with van der Waals surface area (Å²) in [4.78, 5) is 12.1. The number of hydrogen-bond donors (Lipinski definition) is 1. The van der Waals surface area contributed by atoms with Crippen molar-refractivity contribution in [2.24, 2.45) is 12.5 Å². The summed E-state index contributed by atoms with van der Waals surface area (Å²) < 4.78 is 1.72. The fraction of sp³-hybridized carbons (Fsp3) is 0.688. The van der Waals surface area contributed by atoms with Gasteiger partial charge in [-0.15, -0.1) is 0 Å². The summed E-state index contributed by atoms with van der Waals surface area (Å²) in [6, 6.07) is 4.54. The number of pyridine rings is 1. The molecule has 1 aromatic rings. The smallest absolute Gasteiger partial charge is 0.254 e. The first-order valence-corrected chi connectivity index (χ1v) is 7.28. The van der Waals surface area contributed by atoms with Gasteiger partial charge in [0.2, 0.25) is 0 Å². The molecule has 0 bridgehead atoms. The molecular weight excluding hydrogens is 236 g/mol. The van der Waals surface area contributed by atoms with Gasteiger partial charge in [-0.05, 0) is 44.1 Å². The highest BCUT2D eigenvalue weighted by molar-refractivity contribution is 5.15. The molecule has 0 spiro atoms. The Morgan fingerprint density at radius 2 is 1.95 bits per heavy atom. The Bertz CT molecular complexity index is 492. The number of aryl methyl sites for hydroxylation is 1. The average molecular weight is 262 g/mol. The van der Waals surface area contributed by atoms with E-state index in [1.165, 1.54) is 25.7 Å². The maximum absolute atomic E-state index is 12.1. The topological polar surface area (TPSA) is 34.0 Å². The van der Waals surface area contributed by atoms with Crippen LogP contribution in [0.25, 0.3) is 0 Å². The Morgan fingerprint density at radius 1 is 1.32 bits per heavy atom. The van der Waals surface area contributed by atoms with Crippen LogP contribution < -0.4 is 10.9 Å². The third kappa shape index (κ3) is 3.47. The van der Waals surface area contributed by atoms with Crippen LogP contribution in [0, 0.1) is 12.3 Å². The van der Waals surface area contributed by atoms with Gasteiger partial charge in [-0.25, -0.2) is 0 Å². The molecule has 0 aliphatic heterocycles. The van der Waals surface area contributed by atoms with Crippen LogP contribution in [-0.4, -0.2) is 10.6 Å². The zero-order valence-electron chi connectivity index (χ0n) is 12.6. The molecule has 3 nitrogen and oxygen atoms in total. The van der Waals surface area contributed by atoms with E-state index < -0.39 is 0 Å². The number of nitrogens with one attached hydrogen (secondary N) is 1. The number of aromatic nitrogens is 1. The van der Waals surface area contributed by atoms with Gasteiger partial charge >= 0.3 is 0 Å². The monoisotopic (exact) mass is 262 g/mol. The van der Waals surface area contributed by atoms with E-state index in [4.69, 9.17) is 0 Å². The molecule has 3 heteroatoms. The van der Waals surface area contributed by atoms with E-state index in [1.54, 1.807) is 4.57 Å². The molecule has 1 aliphatic rings. The Morgan fingerprint density at radius 3 is 2.58 bits per heavy atom. The quantitative estimate of drug-likeness (QED) is 0.909. The van der Waals surface area contributed by atoms with E-state index >= 15 is 0 Å². The fourth-order valence-corrected chi connectivity index (χ4v) is 2.77. The van der Waals surface area contributed by atoms with Gasteiger partial charge in [-0.1, -0.05) is 19.9 Å². The van der Waals surface area contributed by atoms with Crippen LogP contribution in [0.15, 0.2) is 16.9 Å². The van der Waals surface area contributed by atoms with Crippen molar-refractivity contribution in [2.45, 2.75) is 59.0 Å². The van der Waals surface area contributed by atoms with E-state index in [0.29, 0.717) is 18.0 Å². The van der Waals surface area contributed by atoms with Crippen LogP contribution in [-0.2, 0) is 13.6 Å². The SMILES string of the molecule is Cc1ccc(CNC2CCC(C)(C)CC2)c(=O)n1C. The largest absolute Gasteiger partial charge is 0.316 e. The van der Waals surface area contributed by atoms with Gasteiger partial charge in [0, 0.05) is 30.9 Å². The molecule has 19 heavy (non-hydrogen) atoms. The second kappa shape index (κ2) is 5.49. The van der Waals surface area contributed by atoms with Crippen molar-refractivity contribution in [3.05, 3.63) is 33.7 Å². The predicted molar refractivity (Wildman–Crippen MR) is 79.3 cm³/mol. The molecule has 1 N–H and O–H groups in total. The van der Waals surface area contributed by atoms with Gasteiger partial charge < -0.3 is 9.88 Å². The van der Waals surface area contributed by atoms with Crippen LogP contribution in [0.3, 0.4) is 0 Å². The highest BCUT2D eigenvalue weighted by Crippen LogP contribution is 2.34. The summed E-state index contributed by atoms with van der Waals surface area (Å²) in [5, 5.41) is 3.55. The molecule has 1 fully saturated rings. The first-order chi connectivity index (χ1) is 8.89. The Hall–Kier alpha value is -1.09. The standard InChI is InChI=1S/C16H26N2O/c1-12-5-6-13(15(19)18(12)4)11-17-14-7-9-16(2,3)10-8-14/h5-6,14,17H,7-11H2,1-4H3. The van der Waals surface area contributed by atoms with E-state index in [-0.39, 0.29) is 5.56 Å². The molecule has 0 unspecified atom stereocenters. The molecule has 0 saturated heterocycles. The van der Waals surface area contributed by atoms with Gasteiger partial charge in [-0.2, -0.15) is 0 Å². The molecule has 1 saturated carbocycles. The van der Waals surface area contributed by atoms with E-state index in [1.807, 2.05) is 26.1 Å².